The molecule has 0 aliphatic heterocycles. The van der Waals surface area contributed by atoms with E-state index in [-0.39, 0.29) is 5.92 Å². The molecular formula is C9H12O2. The van der Waals surface area contributed by atoms with Crippen molar-refractivity contribution < 1.29 is 9.59 Å². The molecule has 60 valence electrons. The molecule has 0 fully saturated rings. The molecule has 0 aromatic heterocycles. The largest absolute Gasteiger partial charge is 0.303 e. The SMILES string of the molecule is O=CC[C@H]1CCCC=C1C=O. The van der Waals surface area contributed by atoms with Crippen molar-refractivity contribution in [2.45, 2.75) is 25.7 Å². The van der Waals surface area contributed by atoms with Crippen molar-refractivity contribution >= 4 is 12.6 Å². The van der Waals surface area contributed by atoms with Gasteiger partial charge in [-0.1, -0.05) is 6.08 Å². The molecule has 0 unspecified atom stereocenters. The first kappa shape index (κ1) is 8.18. The third kappa shape index (κ3) is 2.00. The third-order valence-corrected chi connectivity index (χ3v) is 2.12. The Labute approximate surface area is 66.3 Å². The van der Waals surface area contributed by atoms with Crippen LogP contribution in [0.1, 0.15) is 25.7 Å². The van der Waals surface area contributed by atoms with Gasteiger partial charge in [0.15, 0.2) is 0 Å². The molecule has 0 aromatic carbocycles. The van der Waals surface area contributed by atoms with E-state index in [0.29, 0.717) is 6.42 Å². The highest BCUT2D eigenvalue weighted by Crippen LogP contribution is 2.25. The van der Waals surface area contributed by atoms with Gasteiger partial charge in [-0.2, -0.15) is 0 Å². The lowest BCUT2D eigenvalue weighted by molar-refractivity contribution is -0.108. The van der Waals surface area contributed by atoms with Crippen LogP contribution in [0.2, 0.25) is 0 Å². The topological polar surface area (TPSA) is 34.1 Å². The Bertz CT molecular complexity index is 182. The maximum absolute atomic E-state index is 10.5. The third-order valence-electron chi connectivity index (χ3n) is 2.12. The van der Waals surface area contributed by atoms with Gasteiger partial charge in [-0.25, -0.2) is 0 Å². The zero-order valence-electron chi connectivity index (χ0n) is 6.45. The number of rotatable bonds is 3. The monoisotopic (exact) mass is 152 g/mol. The molecule has 0 bridgehead atoms. The highest BCUT2D eigenvalue weighted by Gasteiger charge is 2.15. The first-order valence-corrected chi connectivity index (χ1v) is 3.97. The van der Waals surface area contributed by atoms with Crippen LogP contribution >= 0.6 is 0 Å². The van der Waals surface area contributed by atoms with E-state index in [1.54, 1.807) is 0 Å². The lowest BCUT2D eigenvalue weighted by Gasteiger charge is -2.17. The van der Waals surface area contributed by atoms with Gasteiger partial charge in [0.1, 0.15) is 12.6 Å². The van der Waals surface area contributed by atoms with Crippen LogP contribution in [-0.4, -0.2) is 12.6 Å². The first-order chi connectivity index (χ1) is 5.38. The number of carbonyl (C=O) groups is 2. The Balaban J connectivity index is 2.60. The minimum absolute atomic E-state index is 0.207. The molecule has 2 heteroatoms. The molecule has 0 heterocycles. The summed E-state index contributed by atoms with van der Waals surface area (Å²) in [5.74, 6) is 0.207. The van der Waals surface area contributed by atoms with Crippen molar-refractivity contribution in [3.05, 3.63) is 11.6 Å². The molecule has 2 nitrogen and oxygen atoms in total. The van der Waals surface area contributed by atoms with Crippen LogP contribution in [0.3, 0.4) is 0 Å². The molecule has 0 aromatic rings. The van der Waals surface area contributed by atoms with Gasteiger partial charge in [-0.3, -0.25) is 4.79 Å². The molecule has 1 atom stereocenters. The van der Waals surface area contributed by atoms with Crippen LogP contribution in [0, 0.1) is 5.92 Å². The average molecular weight is 152 g/mol. The van der Waals surface area contributed by atoms with E-state index in [9.17, 15) is 9.59 Å². The van der Waals surface area contributed by atoms with Crippen LogP contribution in [0.15, 0.2) is 11.6 Å². The fourth-order valence-electron chi connectivity index (χ4n) is 1.48. The first-order valence-electron chi connectivity index (χ1n) is 3.97. The number of carbonyl (C=O) groups excluding carboxylic acids is 2. The summed E-state index contributed by atoms with van der Waals surface area (Å²) in [6.07, 6.45) is 7.32. The van der Waals surface area contributed by atoms with Gasteiger partial charge >= 0.3 is 0 Å². The molecule has 1 aliphatic rings. The summed E-state index contributed by atoms with van der Waals surface area (Å²) in [6.45, 7) is 0. The quantitative estimate of drug-likeness (QED) is 0.574. The predicted molar refractivity (Wildman–Crippen MR) is 42.2 cm³/mol. The number of allylic oxidation sites excluding steroid dienone is 2. The van der Waals surface area contributed by atoms with Crippen LogP contribution in [0.25, 0.3) is 0 Å². The van der Waals surface area contributed by atoms with Gasteiger partial charge in [0, 0.05) is 6.42 Å². The van der Waals surface area contributed by atoms with Crippen molar-refractivity contribution in [1.82, 2.24) is 0 Å². The van der Waals surface area contributed by atoms with Gasteiger partial charge in [0.25, 0.3) is 0 Å². The highest BCUT2D eigenvalue weighted by molar-refractivity contribution is 5.75. The van der Waals surface area contributed by atoms with Crippen molar-refractivity contribution in [2.24, 2.45) is 5.92 Å². The van der Waals surface area contributed by atoms with E-state index in [1.807, 2.05) is 6.08 Å². The molecule has 11 heavy (non-hydrogen) atoms. The zero-order chi connectivity index (χ0) is 8.10. The maximum atomic E-state index is 10.5. The second-order valence-corrected chi connectivity index (χ2v) is 2.85. The van der Waals surface area contributed by atoms with E-state index in [2.05, 4.69) is 0 Å². The van der Waals surface area contributed by atoms with E-state index in [0.717, 1.165) is 37.4 Å². The van der Waals surface area contributed by atoms with E-state index >= 15 is 0 Å². The Morgan fingerprint density at radius 2 is 2.36 bits per heavy atom. The van der Waals surface area contributed by atoms with E-state index in [1.165, 1.54) is 0 Å². The molecule has 0 saturated heterocycles. The summed E-state index contributed by atoms with van der Waals surface area (Å²) >= 11 is 0. The average Bonchev–Trinajstić information content (AvgIpc) is 2.06. The minimum atomic E-state index is 0.207. The molecule has 0 N–H and O–H groups in total. The normalized spacial score (nSPS) is 24.0. The van der Waals surface area contributed by atoms with Crippen molar-refractivity contribution in [1.29, 1.82) is 0 Å². The van der Waals surface area contributed by atoms with Crippen LogP contribution in [-0.2, 0) is 9.59 Å². The molecule has 1 rings (SSSR count). The van der Waals surface area contributed by atoms with Crippen LogP contribution < -0.4 is 0 Å². The van der Waals surface area contributed by atoms with Crippen molar-refractivity contribution in [2.75, 3.05) is 0 Å². The summed E-state index contributed by atoms with van der Waals surface area (Å²) in [5, 5.41) is 0. The molecular weight excluding hydrogens is 140 g/mol. The second-order valence-electron chi connectivity index (χ2n) is 2.85. The Morgan fingerprint density at radius 1 is 1.55 bits per heavy atom. The predicted octanol–water partition coefficient (Wildman–Crippen LogP) is 1.50. The molecule has 0 spiro atoms. The Morgan fingerprint density at radius 3 is 3.00 bits per heavy atom. The summed E-state index contributed by atoms with van der Waals surface area (Å²) in [4.78, 5) is 20.7. The molecule has 0 saturated carbocycles. The minimum Gasteiger partial charge on any atom is -0.303 e. The zero-order valence-corrected chi connectivity index (χ0v) is 6.45. The fourth-order valence-corrected chi connectivity index (χ4v) is 1.48. The van der Waals surface area contributed by atoms with Gasteiger partial charge < -0.3 is 4.79 Å². The Hall–Kier alpha value is -0.920. The number of aldehydes is 2. The molecule has 0 amide bonds. The lowest BCUT2D eigenvalue weighted by Crippen LogP contribution is -2.09. The molecule has 1 aliphatic carbocycles. The smallest absolute Gasteiger partial charge is 0.145 e. The second kappa shape index (κ2) is 4.06. The van der Waals surface area contributed by atoms with Crippen molar-refractivity contribution in [3.63, 3.8) is 0 Å². The summed E-state index contributed by atoms with van der Waals surface area (Å²) in [6, 6.07) is 0. The summed E-state index contributed by atoms with van der Waals surface area (Å²) in [5.41, 5.74) is 0.823. The Kier molecular flexibility index (Phi) is 3.02. The summed E-state index contributed by atoms with van der Waals surface area (Å²) < 4.78 is 0. The standard InChI is InChI=1S/C9H12O2/c10-6-5-8-3-1-2-4-9(8)7-11/h4,6-8H,1-3,5H2/t8-/m1/s1. The highest BCUT2D eigenvalue weighted by atomic mass is 16.1. The van der Waals surface area contributed by atoms with Gasteiger partial charge in [-0.15, -0.1) is 0 Å². The van der Waals surface area contributed by atoms with Gasteiger partial charge in [-0.05, 0) is 30.8 Å². The number of hydrogen-bond donors (Lipinski definition) is 0. The van der Waals surface area contributed by atoms with E-state index in [4.69, 9.17) is 0 Å². The van der Waals surface area contributed by atoms with Crippen molar-refractivity contribution in [3.8, 4) is 0 Å². The van der Waals surface area contributed by atoms with Gasteiger partial charge in [0.2, 0.25) is 0 Å². The van der Waals surface area contributed by atoms with Crippen LogP contribution in [0.5, 0.6) is 0 Å². The number of hydrogen-bond acceptors (Lipinski definition) is 2. The summed E-state index contributed by atoms with van der Waals surface area (Å²) in [7, 11) is 0. The fraction of sp³-hybridized carbons (Fsp3) is 0.556. The lowest BCUT2D eigenvalue weighted by atomic mass is 9.86. The van der Waals surface area contributed by atoms with Crippen LogP contribution in [0.4, 0.5) is 0 Å². The van der Waals surface area contributed by atoms with Gasteiger partial charge in [0.05, 0.1) is 0 Å². The molecule has 0 radical (unpaired) electrons. The maximum Gasteiger partial charge on any atom is 0.145 e. The van der Waals surface area contributed by atoms with E-state index < -0.39 is 0 Å².